The first kappa shape index (κ1) is 13.3. The topological polar surface area (TPSA) is 56.1 Å². The van der Waals surface area contributed by atoms with E-state index in [9.17, 15) is 9.18 Å². The Labute approximate surface area is 111 Å². The Balaban J connectivity index is 2.03. The lowest BCUT2D eigenvalue weighted by Crippen LogP contribution is -2.44. The molecule has 0 radical (unpaired) electrons. The molecule has 0 spiro atoms. The van der Waals surface area contributed by atoms with Crippen molar-refractivity contribution in [2.75, 3.05) is 18.0 Å². The van der Waals surface area contributed by atoms with Crippen LogP contribution in [0.2, 0.25) is 0 Å². The van der Waals surface area contributed by atoms with Crippen molar-refractivity contribution in [3.05, 3.63) is 29.6 Å². The second-order valence-corrected chi connectivity index (χ2v) is 4.77. The van der Waals surface area contributed by atoms with Gasteiger partial charge >= 0.3 is 0 Å². The van der Waals surface area contributed by atoms with E-state index in [1.807, 2.05) is 11.0 Å². The number of anilines is 1. The van der Waals surface area contributed by atoms with Gasteiger partial charge in [0.2, 0.25) is 5.91 Å². The van der Waals surface area contributed by atoms with Crippen LogP contribution in [0.4, 0.5) is 10.1 Å². The summed E-state index contributed by atoms with van der Waals surface area (Å²) in [5, 5.41) is 11.7. The molecule has 1 fully saturated rings. The number of nitrogens with one attached hydrogen (secondary N) is 1. The Morgan fingerprint density at radius 3 is 2.68 bits per heavy atom. The Morgan fingerprint density at radius 2 is 2.11 bits per heavy atom. The minimum Gasteiger partial charge on any atom is -0.371 e. The second kappa shape index (κ2) is 5.70. The summed E-state index contributed by atoms with van der Waals surface area (Å²) in [7, 11) is 0. The van der Waals surface area contributed by atoms with Gasteiger partial charge in [-0.05, 0) is 31.0 Å². The molecule has 0 aliphatic carbocycles. The van der Waals surface area contributed by atoms with Gasteiger partial charge in [-0.2, -0.15) is 5.26 Å². The van der Waals surface area contributed by atoms with Gasteiger partial charge in [-0.15, -0.1) is 0 Å². The van der Waals surface area contributed by atoms with E-state index in [0.29, 0.717) is 5.56 Å². The van der Waals surface area contributed by atoms with Gasteiger partial charge in [0.25, 0.3) is 0 Å². The first-order valence-corrected chi connectivity index (χ1v) is 6.31. The molecule has 1 aliphatic rings. The van der Waals surface area contributed by atoms with Gasteiger partial charge in [-0.25, -0.2) is 4.39 Å². The highest BCUT2D eigenvalue weighted by atomic mass is 19.1. The fourth-order valence-corrected chi connectivity index (χ4v) is 2.39. The maximum atomic E-state index is 13.4. The molecule has 100 valence electrons. The van der Waals surface area contributed by atoms with E-state index < -0.39 is 5.82 Å². The van der Waals surface area contributed by atoms with E-state index in [0.717, 1.165) is 31.6 Å². The summed E-state index contributed by atoms with van der Waals surface area (Å²) in [4.78, 5) is 13.0. The molecule has 0 aromatic heterocycles. The van der Waals surface area contributed by atoms with Crippen LogP contribution in [-0.2, 0) is 4.79 Å². The van der Waals surface area contributed by atoms with Crippen LogP contribution in [0.25, 0.3) is 0 Å². The zero-order chi connectivity index (χ0) is 13.8. The number of nitrogens with zero attached hydrogens (tertiary/aromatic N) is 2. The molecule has 19 heavy (non-hydrogen) atoms. The van der Waals surface area contributed by atoms with Gasteiger partial charge in [-0.3, -0.25) is 4.79 Å². The molecule has 0 atom stereocenters. The normalized spacial score (nSPS) is 15.9. The highest BCUT2D eigenvalue weighted by Crippen LogP contribution is 2.22. The van der Waals surface area contributed by atoms with Crippen LogP contribution < -0.4 is 10.2 Å². The fraction of sp³-hybridized carbons (Fsp3) is 0.429. The minimum atomic E-state index is -0.391. The monoisotopic (exact) mass is 261 g/mol. The second-order valence-electron chi connectivity index (χ2n) is 4.77. The van der Waals surface area contributed by atoms with E-state index in [1.54, 1.807) is 6.07 Å². The third-order valence-electron chi connectivity index (χ3n) is 3.28. The summed E-state index contributed by atoms with van der Waals surface area (Å²) in [6, 6.07) is 6.52. The van der Waals surface area contributed by atoms with E-state index in [2.05, 4.69) is 5.32 Å². The smallest absolute Gasteiger partial charge is 0.217 e. The van der Waals surface area contributed by atoms with Crippen LogP contribution in [-0.4, -0.2) is 25.0 Å². The number of carbonyl (C=O) groups is 1. The van der Waals surface area contributed by atoms with Crippen LogP contribution in [0.1, 0.15) is 25.3 Å². The highest BCUT2D eigenvalue weighted by molar-refractivity contribution is 5.73. The van der Waals surface area contributed by atoms with Gasteiger partial charge in [-0.1, -0.05) is 0 Å². The maximum absolute atomic E-state index is 13.4. The summed E-state index contributed by atoms with van der Waals surface area (Å²) in [6.45, 7) is 3.01. The highest BCUT2D eigenvalue weighted by Gasteiger charge is 2.20. The van der Waals surface area contributed by atoms with Crippen molar-refractivity contribution >= 4 is 11.6 Å². The predicted octanol–water partition coefficient (Wildman–Crippen LogP) is 1.80. The first-order valence-electron chi connectivity index (χ1n) is 6.31. The van der Waals surface area contributed by atoms with Gasteiger partial charge in [0.05, 0.1) is 11.6 Å². The van der Waals surface area contributed by atoms with Gasteiger partial charge in [0.15, 0.2) is 0 Å². The third-order valence-corrected chi connectivity index (χ3v) is 3.28. The number of carbonyl (C=O) groups excluding carboxylic acids is 1. The molecular formula is C14H16FN3O. The molecule has 1 aliphatic heterocycles. The van der Waals surface area contributed by atoms with Crippen molar-refractivity contribution < 1.29 is 9.18 Å². The third kappa shape index (κ3) is 3.44. The predicted molar refractivity (Wildman–Crippen MR) is 70.2 cm³/mol. The molecule has 1 aromatic carbocycles. The van der Waals surface area contributed by atoms with E-state index in [1.165, 1.54) is 19.1 Å². The summed E-state index contributed by atoms with van der Waals surface area (Å²) in [6.07, 6.45) is 1.66. The standard InChI is InChI=1S/C14H16FN3O/c1-10(19)17-13-2-4-18(5-3-13)14-7-11(9-16)6-12(15)8-14/h6-8,13H,2-5H2,1H3,(H,17,19). The zero-order valence-electron chi connectivity index (χ0n) is 10.8. The quantitative estimate of drug-likeness (QED) is 0.883. The first-order chi connectivity index (χ1) is 9.08. The molecule has 0 saturated carbocycles. The maximum Gasteiger partial charge on any atom is 0.217 e. The number of benzene rings is 1. The summed E-state index contributed by atoms with van der Waals surface area (Å²) in [5.41, 5.74) is 1.07. The van der Waals surface area contributed by atoms with E-state index >= 15 is 0 Å². The average molecular weight is 261 g/mol. The Hall–Kier alpha value is -2.09. The Bertz CT molecular complexity index is 516. The van der Waals surface area contributed by atoms with Crippen molar-refractivity contribution in [3.63, 3.8) is 0 Å². The van der Waals surface area contributed by atoms with Crippen molar-refractivity contribution in [2.24, 2.45) is 0 Å². The van der Waals surface area contributed by atoms with Gasteiger partial charge in [0, 0.05) is 31.7 Å². The number of rotatable bonds is 2. The number of hydrogen-bond acceptors (Lipinski definition) is 3. The lowest BCUT2D eigenvalue weighted by Gasteiger charge is -2.33. The van der Waals surface area contributed by atoms with Crippen LogP contribution in [0.5, 0.6) is 0 Å². The molecule has 0 unspecified atom stereocenters. The summed E-state index contributed by atoms with van der Waals surface area (Å²) < 4.78 is 13.4. The number of halogens is 1. The molecule has 1 aromatic rings. The molecule has 1 heterocycles. The molecule has 1 N–H and O–H groups in total. The molecule has 2 rings (SSSR count). The lowest BCUT2D eigenvalue weighted by molar-refractivity contribution is -0.119. The van der Waals surface area contributed by atoms with Gasteiger partial charge in [0.1, 0.15) is 5.82 Å². The fourth-order valence-electron chi connectivity index (χ4n) is 2.39. The summed E-state index contributed by atoms with van der Waals surface area (Å²) in [5.74, 6) is -0.408. The number of hydrogen-bond donors (Lipinski definition) is 1. The molecule has 0 bridgehead atoms. The summed E-state index contributed by atoms with van der Waals surface area (Å²) >= 11 is 0. The SMILES string of the molecule is CC(=O)NC1CCN(c2cc(F)cc(C#N)c2)CC1. The molecule has 1 saturated heterocycles. The average Bonchev–Trinajstić information content (AvgIpc) is 2.38. The molecular weight excluding hydrogens is 245 g/mol. The van der Waals surface area contributed by atoms with Crippen LogP contribution >= 0.6 is 0 Å². The molecule has 4 nitrogen and oxygen atoms in total. The van der Waals surface area contributed by atoms with Gasteiger partial charge < -0.3 is 10.2 Å². The van der Waals surface area contributed by atoms with Crippen LogP contribution in [0.3, 0.4) is 0 Å². The minimum absolute atomic E-state index is 0.0176. The number of nitriles is 1. The Morgan fingerprint density at radius 1 is 1.42 bits per heavy atom. The van der Waals surface area contributed by atoms with Crippen LogP contribution in [0, 0.1) is 17.1 Å². The largest absolute Gasteiger partial charge is 0.371 e. The van der Waals surface area contributed by atoms with Crippen molar-refractivity contribution in [3.8, 4) is 6.07 Å². The van der Waals surface area contributed by atoms with Crippen molar-refractivity contribution in [1.82, 2.24) is 5.32 Å². The zero-order valence-corrected chi connectivity index (χ0v) is 10.8. The number of piperidine rings is 1. The van der Waals surface area contributed by atoms with Crippen LogP contribution in [0.15, 0.2) is 18.2 Å². The van der Waals surface area contributed by atoms with Crippen molar-refractivity contribution in [2.45, 2.75) is 25.8 Å². The lowest BCUT2D eigenvalue weighted by atomic mass is 10.0. The van der Waals surface area contributed by atoms with E-state index in [-0.39, 0.29) is 11.9 Å². The van der Waals surface area contributed by atoms with E-state index in [4.69, 9.17) is 5.26 Å². The molecule has 5 heteroatoms. The Kier molecular flexibility index (Phi) is 4.00. The van der Waals surface area contributed by atoms with Crippen molar-refractivity contribution in [1.29, 1.82) is 5.26 Å². The number of amides is 1. The molecule has 1 amide bonds.